The lowest BCUT2D eigenvalue weighted by Crippen LogP contribution is -2.17. The van der Waals surface area contributed by atoms with E-state index >= 15 is 0 Å². The van der Waals surface area contributed by atoms with Gasteiger partial charge in [-0.1, -0.05) is 28.1 Å². The molecule has 0 aromatic heterocycles. The molecule has 16 heavy (non-hydrogen) atoms. The van der Waals surface area contributed by atoms with E-state index in [1.807, 2.05) is 6.07 Å². The van der Waals surface area contributed by atoms with Gasteiger partial charge in [-0.15, -0.1) is 0 Å². The average molecular weight is 286 g/mol. The Morgan fingerprint density at radius 1 is 1.44 bits per heavy atom. The summed E-state index contributed by atoms with van der Waals surface area (Å²) >= 11 is 3.49. The van der Waals surface area contributed by atoms with Crippen molar-refractivity contribution in [3.05, 3.63) is 34.3 Å². The molecule has 1 aromatic carbocycles. The SMILES string of the molecule is COCCCC(CN)Cc1cccc(Br)c1. The molecule has 1 unspecified atom stereocenters. The molecule has 0 radical (unpaired) electrons. The summed E-state index contributed by atoms with van der Waals surface area (Å²) < 4.78 is 6.19. The van der Waals surface area contributed by atoms with E-state index in [9.17, 15) is 0 Å². The van der Waals surface area contributed by atoms with Gasteiger partial charge >= 0.3 is 0 Å². The largest absolute Gasteiger partial charge is 0.385 e. The molecule has 2 N–H and O–H groups in total. The smallest absolute Gasteiger partial charge is 0.0462 e. The van der Waals surface area contributed by atoms with Gasteiger partial charge in [-0.25, -0.2) is 0 Å². The highest BCUT2D eigenvalue weighted by Gasteiger charge is 2.07. The molecule has 0 aliphatic carbocycles. The van der Waals surface area contributed by atoms with E-state index in [1.165, 1.54) is 5.56 Å². The highest BCUT2D eigenvalue weighted by Crippen LogP contribution is 2.17. The zero-order valence-electron chi connectivity index (χ0n) is 9.79. The van der Waals surface area contributed by atoms with Gasteiger partial charge in [-0.3, -0.25) is 0 Å². The molecule has 0 spiro atoms. The zero-order valence-corrected chi connectivity index (χ0v) is 11.4. The maximum Gasteiger partial charge on any atom is 0.0462 e. The summed E-state index contributed by atoms with van der Waals surface area (Å²) in [4.78, 5) is 0. The average Bonchev–Trinajstić information content (AvgIpc) is 2.28. The molecule has 3 heteroatoms. The standard InChI is InChI=1S/C13H20BrNO/c1-16-7-3-5-12(10-15)8-11-4-2-6-13(14)9-11/h2,4,6,9,12H,3,5,7-8,10,15H2,1H3. The van der Waals surface area contributed by atoms with E-state index in [1.54, 1.807) is 7.11 Å². The number of nitrogens with two attached hydrogens (primary N) is 1. The molecule has 2 nitrogen and oxygen atoms in total. The Morgan fingerprint density at radius 3 is 2.88 bits per heavy atom. The first-order valence-corrected chi connectivity index (χ1v) is 6.49. The fraction of sp³-hybridized carbons (Fsp3) is 0.538. The fourth-order valence-electron chi connectivity index (χ4n) is 1.82. The number of hydrogen-bond donors (Lipinski definition) is 1. The number of benzene rings is 1. The minimum Gasteiger partial charge on any atom is -0.385 e. The topological polar surface area (TPSA) is 35.2 Å². The maximum absolute atomic E-state index is 5.79. The molecular weight excluding hydrogens is 266 g/mol. The van der Waals surface area contributed by atoms with Gasteiger partial charge in [0.1, 0.15) is 0 Å². The van der Waals surface area contributed by atoms with Crippen LogP contribution in [0.2, 0.25) is 0 Å². The van der Waals surface area contributed by atoms with Crippen LogP contribution in [0, 0.1) is 5.92 Å². The minimum absolute atomic E-state index is 0.560. The van der Waals surface area contributed by atoms with Crippen molar-refractivity contribution < 1.29 is 4.74 Å². The molecule has 0 bridgehead atoms. The summed E-state index contributed by atoms with van der Waals surface area (Å²) in [6, 6.07) is 8.44. The molecule has 90 valence electrons. The summed E-state index contributed by atoms with van der Waals surface area (Å²) in [5, 5.41) is 0. The summed E-state index contributed by atoms with van der Waals surface area (Å²) in [6.45, 7) is 1.57. The number of ether oxygens (including phenoxy) is 1. The van der Waals surface area contributed by atoms with Crippen molar-refractivity contribution in [2.24, 2.45) is 11.7 Å². The molecule has 1 aromatic rings. The van der Waals surface area contributed by atoms with Crippen molar-refractivity contribution in [1.82, 2.24) is 0 Å². The minimum atomic E-state index is 0.560. The molecule has 0 saturated carbocycles. The van der Waals surface area contributed by atoms with Gasteiger partial charge in [0, 0.05) is 18.2 Å². The summed E-state index contributed by atoms with van der Waals surface area (Å²) in [6.07, 6.45) is 3.28. The third-order valence-electron chi connectivity index (χ3n) is 2.71. The van der Waals surface area contributed by atoms with Crippen LogP contribution in [0.4, 0.5) is 0 Å². The Bertz CT molecular complexity index is 304. The van der Waals surface area contributed by atoms with Crippen molar-refractivity contribution in [1.29, 1.82) is 0 Å². The molecule has 0 aliphatic heterocycles. The molecule has 1 rings (SSSR count). The summed E-state index contributed by atoms with van der Waals surface area (Å²) in [7, 11) is 1.74. The van der Waals surface area contributed by atoms with E-state index in [2.05, 4.69) is 34.1 Å². The first kappa shape index (κ1) is 13.7. The quantitative estimate of drug-likeness (QED) is 0.782. The first-order chi connectivity index (χ1) is 7.76. The van der Waals surface area contributed by atoms with Crippen LogP contribution in [0.25, 0.3) is 0 Å². The number of hydrogen-bond acceptors (Lipinski definition) is 2. The molecule has 0 aliphatic rings. The predicted molar refractivity (Wildman–Crippen MR) is 71.5 cm³/mol. The molecule has 0 amide bonds. The molecule has 0 fully saturated rings. The maximum atomic E-state index is 5.79. The lowest BCUT2D eigenvalue weighted by atomic mass is 9.95. The third kappa shape index (κ3) is 5.10. The van der Waals surface area contributed by atoms with E-state index in [-0.39, 0.29) is 0 Å². The van der Waals surface area contributed by atoms with E-state index in [0.29, 0.717) is 5.92 Å². The number of rotatable bonds is 7. The monoisotopic (exact) mass is 285 g/mol. The number of halogens is 1. The Labute approximate surface area is 106 Å². The van der Waals surface area contributed by atoms with Gasteiger partial charge in [0.15, 0.2) is 0 Å². The van der Waals surface area contributed by atoms with Crippen LogP contribution in [-0.4, -0.2) is 20.3 Å². The number of methoxy groups -OCH3 is 1. The molecular formula is C13H20BrNO. The second-order valence-corrected chi connectivity index (χ2v) is 4.99. The van der Waals surface area contributed by atoms with Crippen LogP contribution >= 0.6 is 15.9 Å². The van der Waals surface area contributed by atoms with E-state index in [4.69, 9.17) is 10.5 Å². The Hall–Kier alpha value is -0.380. The second kappa shape index (κ2) is 7.82. The van der Waals surface area contributed by atoms with Crippen molar-refractivity contribution in [3.8, 4) is 0 Å². The van der Waals surface area contributed by atoms with Crippen LogP contribution in [0.1, 0.15) is 18.4 Å². The fourth-order valence-corrected chi connectivity index (χ4v) is 2.26. The lowest BCUT2D eigenvalue weighted by Gasteiger charge is -2.14. The van der Waals surface area contributed by atoms with Crippen molar-refractivity contribution in [2.75, 3.05) is 20.3 Å². The van der Waals surface area contributed by atoms with Crippen LogP contribution in [-0.2, 0) is 11.2 Å². The van der Waals surface area contributed by atoms with Crippen LogP contribution in [0.3, 0.4) is 0 Å². The van der Waals surface area contributed by atoms with Gasteiger partial charge in [-0.05, 0) is 49.4 Å². The van der Waals surface area contributed by atoms with E-state index in [0.717, 1.165) is 36.9 Å². The van der Waals surface area contributed by atoms with Gasteiger partial charge in [0.25, 0.3) is 0 Å². The van der Waals surface area contributed by atoms with Crippen molar-refractivity contribution >= 4 is 15.9 Å². The van der Waals surface area contributed by atoms with Gasteiger partial charge in [0.2, 0.25) is 0 Å². The first-order valence-electron chi connectivity index (χ1n) is 5.69. The van der Waals surface area contributed by atoms with Crippen LogP contribution < -0.4 is 5.73 Å². The highest BCUT2D eigenvalue weighted by atomic mass is 79.9. The zero-order chi connectivity index (χ0) is 11.8. The van der Waals surface area contributed by atoms with Crippen LogP contribution in [0.5, 0.6) is 0 Å². The van der Waals surface area contributed by atoms with Gasteiger partial charge < -0.3 is 10.5 Å². The van der Waals surface area contributed by atoms with Gasteiger partial charge in [0.05, 0.1) is 0 Å². The van der Waals surface area contributed by atoms with Gasteiger partial charge in [-0.2, -0.15) is 0 Å². The second-order valence-electron chi connectivity index (χ2n) is 4.07. The normalized spacial score (nSPS) is 12.7. The third-order valence-corrected chi connectivity index (χ3v) is 3.20. The molecule has 0 saturated heterocycles. The summed E-state index contributed by atoms with van der Waals surface area (Å²) in [5.41, 5.74) is 7.14. The summed E-state index contributed by atoms with van der Waals surface area (Å²) in [5.74, 6) is 0.560. The Balaban J connectivity index is 2.43. The Morgan fingerprint density at radius 2 is 2.25 bits per heavy atom. The predicted octanol–water partition coefficient (Wildman–Crippen LogP) is 2.99. The lowest BCUT2D eigenvalue weighted by molar-refractivity contribution is 0.187. The van der Waals surface area contributed by atoms with Crippen molar-refractivity contribution in [3.63, 3.8) is 0 Å². The van der Waals surface area contributed by atoms with E-state index < -0.39 is 0 Å². The van der Waals surface area contributed by atoms with Crippen LogP contribution in [0.15, 0.2) is 28.7 Å². The highest BCUT2D eigenvalue weighted by molar-refractivity contribution is 9.10. The Kier molecular flexibility index (Phi) is 6.69. The molecule has 0 heterocycles. The molecule has 1 atom stereocenters. The van der Waals surface area contributed by atoms with Crippen molar-refractivity contribution in [2.45, 2.75) is 19.3 Å².